The number of hydrogen-bond donors (Lipinski definition) is 2. The fourth-order valence-corrected chi connectivity index (χ4v) is 1.49. The molecule has 0 aliphatic carbocycles. The quantitative estimate of drug-likeness (QED) is 0.510. The molecule has 90 valence electrons. The van der Waals surface area contributed by atoms with Crippen LogP contribution in [0.5, 0.6) is 0 Å². The zero-order valence-corrected chi connectivity index (χ0v) is 8.75. The summed E-state index contributed by atoms with van der Waals surface area (Å²) in [5, 5.41) is 17.7. The topological polar surface area (TPSA) is 96.3 Å². The normalized spacial score (nSPS) is 19.7. The van der Waals surface area contributed by atoms with Crippen molar-refractivity contribution in [3.63, 3.8) is 0 Å². The summed E-state index contributed by atoms with van der Waals surface area (Å²) in [5.74, 6) is -1.13. The van der Waals surface area contributed by atoms with Crippen molar-refractivity contribution in [3.05, 3.63) is 11.6 Å². The van der Waals surface area contributed by atoms with E-state index in [0.717, 1.165) is 4.90 Å². The van der Waals surface area contributed by atoms with Gasteiger partial charge in [-0.15, -0.1) is 0 Å². The molecule has 1 rings (SSSR count). The number of hydrogen-bond acceptors (Lipinski definition) is 4. The van der Waals surface area contributed by atoms with Gasteiger partial charge < -0.3 is 19.7 Å². The molecule has 1 heterocycles. The molecule has 1 amide bonds. The Balaban J connectivity index is 2.66. The van der Waals surface area contributed by atoms with Gasteiger partial charge in [0.2, 0.25) is 0 Å². The fourth-order valence-electron chi connectivity index (χ4n) is 1.49. The van der Waals surface area contributed by atoms with E-state index in [9.17, 15) is 9.59 Å². The van der Waals surface area contributed by atoms with E-state index in [2.05, 4.69) is 4.74 Å². The third-order valence-electron chi connectivity index (χ3n) is 2.21. The Morgan fingerprint density at radius 3 is 2.75 bits per heavy atom. The first-order valence-corrected chi connectivity index (χ1v) is 4.57. The van der Waals surface area contributed by atoms with Crippen LogP contribution in [0.3, 0.4) is 0 Å². The summed E-state index contributed by atoms with van der Waals surface area (Å²) in [6.07, 6.45) is 0.204. The summed E-state index contributed by atoms with van der Waals surface area (Å²) in [5.41, 5.74) is 0.0403. The van der Waals surface area contributed by atoms with E-state index in [1.165, 1.54) is 13.2 Å². The monoisotopic (exact) mass is 231 g/mol. The Kier molecular flexibility index (Phi) is 4.27. The molecule has 1 aliphatic rings. The zero-order chi connectivity index (χ0) is 12.1. The highest BCUT2D eigenvalue weighted by Crippen LogP contribution is 2.19. The van der Waals surface area contributed by atoms with Crippen molar-refractivity contribution >= 4 is 12.1 Å². The van der Waals surface area contributed by atoms with Gasteiger partial charge in [-0.05, 0) is 0 Å². The highest BCUT2D eigenvalue weighted by atomic mass is 16.7. The molecule has 0 aromatic heterocycles. The molecule has 0 unspecified atom stereocenters. The van der Waals surface area contributed by atoms with Crippen LogP contribution in [-0.4, -0.2) is 60.3 Å². The standard InChI is InChI=1S/C9H13NO6/c1-15-5-16-4-7-6(8(11)12)2-3-10(7)9(13)14/h2,7H,3-5H2,1H3,(H,11,12)(H,13,14)/t7-/m0/s1. The van der Waals surface area contributed by atoms with Gasteiger partial charge in [0.15, 0.2) is 0 Å². The number of amides is 1. The molecule has 0 saturated heterocycles. The van der Waals surface area contributed by atoms with Crippen LogP contribution in [0.1, 0.15) is 0 Å². The predicted octanol–water partition coefficient (Wildman–Crippen LogP) is -0.0199. The van der Waals surface area contributed by atoms with Crippen LogP contribution in [0.2, 0.25) is 0 Å². The maximum atomic E-state index is 10.8. The SMILES string of the molecule is COCOC[C@H]1C(C(=O)O)=CCN1C(=O)O. The maximum absolute atomic E-state index is 10.8. The lowest BCUT2D eigenvalue weighted by Crippen LogP contribution is -2.40. The molecule has 0 aromatic carbocycles. The van der Waals surface area contributed by atoms with Gasteiger partial charge in [0.25, 0.3) is 0 Å². The average molecular weight is 231 g/mol. The molecule has 1 aliphatic heterocycles. The molecular formula is C9H13NO6. The van der Waals surface area contributed by atoms with Gasteiger partial charge in [-0.2, -0.15) is 0 Å². The van der Waals surface area contributed by atoms with Gasteiger partial charge in [0, 0.05) is 13.7 Å². The molecule has 0 radical (unpaired) electrons. The molecule has 0 spiro atoms. The first-order valence-electron chi connectivity index (χ1n) is 4.57. The summed E-state index contributed by atoms with van der Waals surface area (Å²) in [7, 11) is 1.43. The van der Waals surface area contributed by atoms with Gasteiger partial charge in [-0.25, -0.2) is 9.59 Å². The Morgan fingerprint density at radius 2 is 2.25 bits per heavy atom. The number of ether oxygens (including phenoxy) is 2. The van der Waals surface area contributed by atoms with Crippen LogP contribution < -0.4 is 0 Å². The molecular weight excluding hydrogens is 218 g/mol. The first kappa shape index (κ1) is 12.5. The number of nitrogens with zero attached hydrogens (tertiary/aromatic N) is 1. The fraction of sp³-hybridized carbons (Fsp3) is 0.556. The van der Waals surface area contributed by atoms with Crippen molar-refractivity contribution in [3.8, 4) is 0 Å². The Hall–Kier alpha value is -1.60. The summed E-state index contributed by atoms with van der Waals surface area (Å²) in [6.45, 7) is 0.0348. The smallest absolute Gasteiger partial charge is 0.408 e. The molecule has 0 aromatic rings. The lowest BCUT2D eigenvalue weighted by Gasteiger charge is -2.22. The van der Waals surface area contributed by atoms with Crippen LogP contribution in [0.15, 0.2) is 11.6 Å². The van der Waals surface area contributed by atoms with E-state index >= 15 is 0 Å². The molecule has 16 heavy (non-hydrogen) atoms. The van der Waals surface area contributed by atoms with Crippen LogP contribution >= 0.6 is 0 Å². The lowest BCUT2D eigenvalue weighted by molar-refractivity contribution is -0.133. The van der Waals surface area contributed by atoms with Crippen molar-refractivity contribution < 1.29 is 29.3 Å². The van der Waals surface area contributed by atoms with Crippen LogP contribution in [-0.2, 0) is 14.3 Å². The average Bonchev–Trinajstić information content (AvgIpc) is 2.62. The Labute approximate surface area is 91.9 Å². The highest BCUT2D eigenvalue weighted by Gasteiger charge is 2.34. The number of aliphatic carboxylic acids is 1. The van der Waals surface area contributed by atoms with Gasteiger partial charge in [0.1, 0.15) is 6.79 Å². The highest BCUT2D eigenvalue weighted by molar-refractivity contribution is 5.90. The van der Waals surface area contributed by atoms with Gasteiger partial charge in [0.05, 0.1) is 18.2 Å². The molecule has 0 fully saturated rings. The Morgan fingerprint density at radius 1 is 1.56 bits per heavy atom. The van der Waals surface area contributed by atoms with E-state index in [0.29, 0.717) is 0 Å². The van der Waals surface area contributed by atoms with Crippen molar-refractivity contribution in [1.82, 2.24) is 4.90 Å². The summed E-state index contributed by atoms with van der Waals surface area (Å²) in [6, 6.07) is -0.773. The van der Waals surface area contributed by atoms with Crippen LogP contribution in [0.4, 0.5) is 4.79 Å². The second kappa shape index (κ2) is 5.47. The minimum Gasteiger partial charge on any atom is -0.478 e. The molecule has 1 atom stereocenters. The first-order chi connectivity index (χ1) is 7.57. The van der Waals surface area contributed by atoms with Crippen LogP contribution in [0, 0.1) is 0 Å². The van der Waals surface area contributed by atoms with Crippen LogP contribution in [0.25, 0.3) is 0 Å². The van der Waals surface area contributed by atoms with Crippen molar-refractivity contribution in [2.75, 3.05) is 27.1 Å². The van der Waals surface area contributed by atoms with E-state index in [1.54, 1.807) is 0 Å². The van der Waals surface area contributed by atoms with E-state index < -0.39 is 18.1 Å². The number of methoxy groups -OCH3 is 1. The van der Waals surface area contributed by atoms with Gasteiger partial charge >= 0.3 is 12.1 Å². The lowest BCUT2D eigenvalue weighted by atomic mass is 10.1. The number of carboxylic acid groups (broad SMARTS) is 2. The molecule has 0 saturated carbocycles. The number of carbonyl (C=O) groups is 2. The van der Waals surface area contributed by atoms with Crippen molar-refractivity contribution in [2.45, 2.75) is 6.04 Å². The van der Waals surface area contributed by atoms with Gasteiger partial charge in [-0.1, -0.05) is 6.08 Å². The molecule has 0 bridgehead atoms. The summed E-state index contributed by atoms with van der Waals surface area (Å²) >= 11 is 0. The van der Waals surface area contributed by atoms with E-state index in [-0.39, 0.29) is 25.5 Å². The van der Waals surface area contributed by atoms with Gasteiger partial charge in [-0.3, -0.25) is 4.90 Å². The maximum Gasteiger partial charge on any atom is 0.408 e. The minimum absolute atomic E-state index is 0.00312. The van der Waals surface area contributed by atoms with Crippen molar-refractivity contribution in [2.24, 2.45) is 0 Å². The summed E-state index contributed by atoms with van der Waals surface area (Å²) < 4.78 is 9.63. The zero-order valence-electron chi connectivity index (χ0n) is 8.75. The van der Waals surface area contributed by atoms with E-state index in [4.69, 9.17) is 14.9 Å². The number of carboxylic acids is 1. The second-order valence-corrected chi connectivity index (χ2v) is 3.19. The van der Waals surface area contributed by atoms with E-state index in [1.807, 2.05) is 0 Å². The largest absolute Gasteiger partial charge is 0.478 e. The number of rotatable bonds is 5. The summed E-state index contributed by atoms with van der Waals surface area (Å²) in [4.78, 5) is 22.7. The minimum atomic E-state index is -1.17. The third-order valence-corrected chi connectivity index (χ3v) is 2.21. The third kappa shape index (κ3) is 2.71. The molecule has 7 heteroatoms. The van der Waals surface area contributed by atoms with Crippen molar-refractivity contribution in [1.29, 1.82) is 0 Å². The second-order valence-electron chi connectivity index (χ2n) is 3.19. The molecule has 7 nitrogen and oxygen atoms in total. The Bertz CT molecular complexity index is 313. The molecule has 2 N–H and O–H groups in total. The predicted molar refractivity (Wildman–Crippen MR) is 52.1 cm³/mol.